The van der Waals surface area contributed by atoms with E-state index in [2.05, 4.69) is 6.92 Å². The lowest BCUT2D eigenvalue weighted by atomic mass is 9.48. The molecule has 2 N–H and O–H groups in total. The van der Waals surface area contributed by atoms with Gasteiger partial charge in [0.05, 0.1) is 5.60 Å². The average Bonchev–Trinajstić information content (AvgIpc) is 2.79. The van der Waals surface area contributed by atoms with Gasteiger partial charge in [0.25, 0.3) is 0 Å². The third-order valence-electron chi connectivity index (χ3n) is 8.97. The minimum absolute atomic E-state index is 0.0200. The molecule has 4 aliphatic carbocycles. The summed E-state index contributed by atoms with van der Waals surface area (Å²) >= 11 is 0. The number of hydrogen-bond donors (Lipinski definition) is 2. The van der Waals surface area contributed by atoms with Gasteiger partial charge < -0.3 is 10.2 Å². The predicted octanol–water partition coefficient (Wildman–Crippen LogP) is 3.71. The maximum Gasteiger partial charge on any atom is 0.161 e. The van der Waals surface area contributed by atoms with Crippen LogP contribution in [0.1, 0.15) is 78.6 Å². The molecule has 0 aromatic carbocycles. The maximum atomic E-state index is 12.2. The van der Waals surface area contributed by atoms with Crippen LogP contribution in [0.15, 0.2) is 0 Å². The average molecular weight is 335 g/mol. The van der Waals surface area contributed by atoms with Gasteiger partial charge in [-0.1, -0.05) is 6.92 Å². The fourth-order valence-electron chi connectivity index (χ4n) is 7.68. The second kappa shape index (κ2) is 5.30. The van der Waals surface area contributed by atoms with Crippen LogP contribution in [0, 0.1) is 35.0 Å². The van der Waals surface area contributed by atoms with E-state index in [1.807, 2.05) is 6.92 Å². The van der Waals surface area contributed by atoms with Crippen LogP contribution in [0.3, 0.4) is 0 Å². The molecule has 0 aliphatic heterocycles. The second-order valence-corrected chi connectivity index (χ2v) is 10.1. The number of ketones is 1. The van der Waals surface area contributed by atoms with Crippen LogP contribution in [0.25, 0.3) is 0 Å². The van der Waals surface area contributed by atoms with Crippen molar-refractivity contribution in [2.75, 3.05) is 0 Å². The smallest absolute Gasteiger partial charge is 0.161 e. The van der Waals surface area contributed by atoms with Crippen molar-refractivity contribution in [1.82, 2.24) is 0 Å². The quantitative estimate of drug-likeness (QED) is 0.768. The van der Waals surface area contributed by atoms with E-state index < -0.39 is 11.2 Å². The third-order valence-corrected chi connectivity index (χ3v) is 8.97. The van der Waals surface area contributed by atoms with E-state index in [0.717, 1.165) is 43.9 Å². The highest BCUT2D eigenvalue weighted by Crippen LogP contribution is 2.65. The Morgan fingerprint density at radius 2 is 1.58 bits per heavy atom. The molecule has 0 bridgehead atoms. The van der Waals surface area contributed by atoms with Gasteiger partial charge in [-0.3, -0.25) is 4.79 Å². The lowest BCUT2D eigenvalue weighted by molar-refractivity contribution is -0.163. The van der Waals surface area contributed by atoms with E-state index in [1.165, 1.54) is 19.3 Å². The summed E-state index contributed by atoms with van der Waals surface area (Å²) in [7, 11) is 0. The van der Waals surface area contributed by atoms with Gasteiger partial charge in [-0.15, -0.1) is 0 Å². The van der Waals surface area contributed by atoms with Crippen molar-refractivity contribution < 1.29 is 15.0 Å². The highest BCUT2D eigenvalue weighted by atomic mass is 16.3. The first-order chi connectivity index (χ1) is 11.2. The van der Waals surface area contributed by atoms with Gasteiger partial charge in [0.2, 0.25) is 0 Å². The Hall–Kier alpha value is -0.410. The summed E-state index contributed by atoms with van der Waals surface area (Å²) in [4.78, 5) is 12.2. The first-order valence-electron chi connectivity index (χ1n) is 10.1. The number of fused-ring (bicyclic) bond motifs is 5. The number of rotatable bonds is 1. The van der Waals surface area contributed by atoms with Crippen LogP contribution in [-0.4, -0.2) is 27.2 Å². The molecule has 0 radical (unpaired) electrons. The van der Waals surface area contributed by atoms with Crippen molar-refractivity contribution in [2.45, 2.75) is 89.8 Å². The molecule has 4 rings (SSSR count). The summed E-state index contributed by atoms with van der Waals surface area (Å²) in [5.74, 6) is 3.38. The van der Waals surface area contributed by atoms with Crippen LogP contribution < -0.4 is 0 Å². The Kier molecular flexibility index (Phi) is 3.76. The first kappa shape index (κ1) is 17.0. The molecular weight excluding hydrogens is 300 g/mol. The van der Waals surface area contributed by atoms with Gasteiger partial charge in [-0.05, 0) is 101 Å². The lowest BCUT2D eigenvalue weighted by Crippen LogP contribution is -2.56. The molecule has 4 fully saturated rings. The van der Waals surface area contributed by atoms with Crippen LogP contribution in [0.4, 0.5) is 0 Å². The lowest BCUT2D eigenvalue weighted by Gasteiger charge is -2.57. The summed E-state index contributed by atoms with van der Waals surface area (Å²) in [5.41, 5.74) is -1.76. The topological polar surface area (TPSA) is 57.5 Å². The summed E-state index contributed by atoms with van der Waals surface area (Å²) in [6, 6.07) is 0. The summed E-state index contributed by atoms with van der Waals surface area (Å²) in [6.07, 6.45) is 9.38. The molecule has 3 heteroatoms. The summed E-state index contributed by atoms with van der Waals surface area (Å²) in [5, 5.41) is 21.6. The molecular formula is C21H34O3. The largest absolute Gasteiger partial charge is 0.390 e. The zero-order valence-electron chi connectivity index (χ0n) is 15.6. The molecule has 0 saturated heterocycles. The Morgan fingerprint density at radius 3 is 2.29 bits per heavy atom. The molecule has 3 nitrogen and oxygen atoms in total. The molecule has 24 heavy (non-hydrogen) atoms. The van der Waals surface area contributed by atoms with E-state index in [0.29, 0.717) is 24.2 Å². The Balaban J connectivity index is 1.59. The summed E-state index contributed by atoms with van der Waals surface area (Å²) in [6.45, 7) is 5.79. The minimum atomic E-state index is -1.09. The van der Waals surface area contributed by atoms with Gasteiger partial charge in [-0.2, -0.15) is 0 Å². The fourth-order valence-corrected chi connectivity index (χ4v) is 7.68. The molecule has 0 aromatic rings. The SMILES string of the molecule is CC(=O)[C@@]1(O)CC[C@H]2C3CCC4C[C@](C)(O)CCC4[C@H]3CCC21C. The van der Waals surface area contributed by atoms with Crippen LogP contribution >= 0.6 is 0 Å². The first-order valence-corrected chi connectivity index (χ1v) is 10.1. The minimum Gasteiger partial charge on any atom is -0.390 e. The fraction of sp³-hybridized carbons (Fsp3) is 0.952. The molecule has 0 spiro atoms. The van der Waals surface area contributed by atoms with Crippen molar-refractivity contribution in [3.63, 3.8) is 0 Å². The Morgan fingerprint density at radius 1 is 0.875 bits per heavy atom. The molecule has 0 aromatic heterocycles. The van der Waals surface area contributed by atoms with E-state index in [1.54, 1.807) is 6.92 Å². The van der Waals surface area contributed by atoms with Gasteiger partial charge in [-0.25, -0.2) is 0 Å². The van der Waals surface area contributed by atoms with E-state index in [-0.39, 0.29) is 11.2 Å². The zero-order chi connectivity index (χ0) is 17.3. The maximum absolute atomic E-state index is 12.2. The molecule has 0 amide bonds. The number of aliphatic hydroxyl groups is 2. The highest BCUT2D eigenvalue weighted by molar-refractivity contribution is 5.86. The number of hydrogen-bond acceptors (Lipinski definition) is 3. The van der Waals surface area contributed by atoms with E-state index in [4.69, 9.17) is 0 Å². The predicted molar refractivity (Wildman–Crippen MR) is 93.4 cm³/mol. The molecule has 4 aliphatic rings. The molecule has 8 atom stereocenters. The Labute approximate surface area is 146 Å². The van der Waals surface area contributed by atoms with Gasteiger partial charge in [0.1, 0.15) is 5.60 Å². The normalized spacial score (nSPS) is 57.0. The highest BCUT2D eigenvalue weighted by Gasteiger charge is 2.64. The van der Waals surface area contributed by atoms with Gasteiger partial charge >= 0.3 is 0 Å². The van der Waals surface area contributed by atoms with Crippen molar-refractivity contribution >= 4 is 5.78 Å². The molecule has 136 valence electrons. The molecule has 4 saturated carbocycles. The van der Waals surface area contributed by atoms with Gasteiger partial charge in [0, 0.05) is 5.41 Å². The van der Waals surface area contributed by atoms with Crippen molar-refractivity contribution in [3.8, 4) is 0 Å². The zero-order valence-corrected chi connectivity index (χ0v) is 15.6. The molecule has 4 unspecified atom stereocenters. The van der Waals surface area contributed by atoms with Gasteiger partial charge in [0.15, 0.2) is 5.78 Å². The monoisotopic (exact) mass is 334 g/mol. The van der Waals surface area contributed by atoms with Crippen LogP contribution in [0.2, 0.25) is 0 Å². The van der Waals surface area contributed by atoms with Crippen molar-refractivity contribution in [2.24, 2.45) is 35.0 Å². The number of Topliss-reactive ketones (excluding diaryl/α,β-unsaturated/α-hetero) is 1. The van der Waals surface area contributed by atoms with Crippen molar-refractivity contribution in [3.05, 3.63) is 0 Å². The van der Waals surface area contributed by atoms with Crippen LogP contribution in [0.5, 0.6) is 0 Å². The second-order valence-electron chi connectivity index (χ2n) is 10.1. The summed E-state index contributed by atoms with van der Waals surface area (Å²) < 4.78 is 0. The molecule has 0 heterocycles. The number of carbonyl (C=O) groups is 1. The van der Waals surface area contributed by atoms with Crippen molar-refractivity contribution in [1.29, 1.82) is 0 Å². The van der Waals surface area contributed by atoms with Crippen LogP contribution in [-0.2, 0) is 4.79 Å². The van der Waals surface area contributed by atoms with E-state index >= 15 is 0 Å². The Bertz CT molecular complexity index is 541. The standard InChI is InChI=1S/C21H34O3/c1-13(22)21(24)11-8-18-17-5-4-14-12-19(2,23)9-6-15(14)16(17)7-10-20(18,21)3/h14-18,23-24H,4-12H2,1-3H3/t14?,15?,16-,17?,18+,19-,20?,21+/m1/s1. The third kappa shape index (κ3) is 2.19. The number of carbonyl (C=O) groups excluding carboxylic acids is 1. The van der Waals surface area contributed by atoms with E-state index in [9.17, 15) is 15.0 Å².